The second-order valence-corrected chi connectivity index (χ2v) is 20.2. The number of nitrogens with one attached hydrogen (secondary N) is 1. The maximum atomic E-state index is 13.6. The van der Waals surface area contributed by atoms with Gasteiger partial charge in [-0.3, -0.25) is 4.79 Å². The van der Waals surface area contributed by atoms with Gasteiger partial charge in [-0.25, -0.2) is 21.6 Å². The summed E-state index contributed by atoms with van der Waals surface area (Å²) in [7, 11) is -5.17. The molecule has 3 heterocycles. The molecule has 4 aliphatic rings. The molecule has 5 atom stereocenters. The average molecular weight is 788 g/mol. The third-order valence-electron chi connectivity index (χ3n) is 12.1. The zero-order valence-electron chi connectivity index (χ0n) is 31.2. The summed E-state index contributed by atoms with van der Waals surface area (Å²) in [6, 6.07) is 11.1. The summed E-state index contributed by atoms with van der Waals surface area (Å²) in [6.45, 7) is 7.14. The van der Waals surface area contributed by atoms with Crippen LogP contribution in [0.25, 0.3) is 0 Å². The van der Waals surface area contributed by atoms with Gasteiger partial charge >= 0.3 is 0 Å². The normalized spacial score (nSPS) is 29.4. The number of amides is 1. The molecule has 2 bridgehead atoms. The molecule has 10 nitrogen and oxygen atoms in total. The first-order valence-electron chi connectivity index (χ1n) is 19.1. The third kappa shape index (κ3) is 9.53. The first-order valence-corrected chi connectivity index (χ1v) is 22.9. The van der Waals surface area contributed by atoms with Gasteiger partial charge in [0.1, 0.15) is 18.0 Å². The van der Waals surface area contributed by atoms with Crippen LogP contribution in [0, 0.1) is 29.6 Å². The number of ether oxygens (including phenoxy) is 2. The van der Waals surface area contributed by atoms with Crippen molar-refractivity contribution in [2.75, 3.05) is 56.2 Å². The zero-order chi connectivity index (χ0) is 37.8. The van der Waals surface area contributed by atoms with Gasteiger partial charge in [-0.2, -0.15) is 0 Å². The van der Waals surface area contributed by atoms with Crippen LogP contribution in [0.1, 0.15) is 86.7 Å². The number of carbonyl (C=O) groups excluding carboxylic acids is 1. The fraction of sp³-hybridized carbons (Fsp3) is 0.625. The second kappa shape index (κ2) is 16.9. The Labute approximate surface area is 321 Å². The highest BCUT2D eigenvalue weighted by Gasteiger charge is 2.48. The minimum Gasteiger partial charge on any atom is -0.487 e. The molecule has 2 aromatic rings. The van der Waals surface area contributed by atoms with E-state index in [2.05, 4.69) is 26.4 Å². The highest BCUT2D eigenvalue weighted by Crippen LogP contribution is 2.47. The van der Waals surface area contributed by atoms with Crippen LogP contribution in [0.5, 0.6) is 5.75 Å². The van der Waals surface area contributed by atoms with Crippen molar-refractivity contribution >= 4 is 43.1 Å². The van der Waals surface area contributed by atoms with Crippen molar-refractivity contribution in [2.45, 2.75) is 89.1 Å². The van der Waals surface area contributed by atoms with Crippen LogP contribution >= 0.6 is 11.6 Å². The van der Waals surface area contributed by atoms with E-state index in [4.69, 9.17) is 21.1 Å². The molecule has 0 unspecified atom stereocenters. The van der Waals surface area contributed by atoms with Gasteiger partial charge in [0.05, 0.1) is 22.4 Å². The van der Waals surface area contributed by atoms with Gasteiger partial charge in [-0.05, 0) is 112 Å². The lowest BCUT2D eigenvalue weighted by Gasteiger charge is -2.49. The Morgan fingerprint density at radius 3 is 2.51 bits per heavy atom. The minimum absolute atomic E-state index is 0.157. The molecule has 2 fully saturated rings. The van der Waals surface area contributed by atoms with Gasteiger partial charge in [-0.15, -0.1) is 0 Å². The quantitative estimate of drug-likeness (QED) is 0.381. The summed E-state index contributed by atoms with van der Waals surface area (Å²) >= 11 is 6.38. The lowest BCUT2D eigenvalue weighted by atomic mass is 9.63. The fourth-order valence-electron chi connectivity index (χ4n) is 8.32. The van der Waals surface area contributed by atoms with Crippen LogP contribution in [0.3, 0.4) is 0 Å². The number of sulfone groups is 1. The predicted octanol–water partition coefficient (Wildman–Crippen LogP) is 5.87. The van der Waals surface area contributed by atoms with E-state index in [-0.39, 0.29) is 34.8 Å². The molecule has 53 heavy (non-hydrogen) atoms. The molecule has 2 aromatic carbocycles. The highest BCUT2D eigenvalue weighted by molar-refractivity contribution is 7.91. The molecule has 0 aromatic heterocycles. The van der Waals surface area contributed by atoms with Gasteiger partial charge in [-0.1, -0.05) is 36.4 Å². The lowest BCUT2D eigenvalue weighted by Crippen LogP contribution is -2.51. The molecule has 1 aliphatic carbocycles. The first-order chi connectivity index (χ1) is 25.3. The van der Waals surface area contributed by atoms with Crippen molar-refractivity contribution in [3.63, 3.8) is 0 Å². The number of fused-ring (bicyclic) bond motifs is 3. The number of anilines is 1. The van der Waals surface area contributed by atoms with Gasteiger partial charge < -0.3 is 19.3 Å². The number of aryl methyl sites for hydroxylation is 1. The van der Waals surface area contributed by atoms with Crippen molar-refractivity contribution in [1.29, 1.82) is 0 Å². The van der Waals surface area contributed by atoms with Gasteiger partial charge in [0.15, 0.2) is 9.84 Å². The smallest absolute Gasteiger partial charge is 0.264 e. The average Bonchev–Trinajstić information content (AvgIpc) is 3.14. The van der Waals surface area contributed by atoms with Gasteiger partial charge in [0.2, 0.25) is 10.0 Å². The molecular formula is C40H54ClN3O7S2. The first kappa shape index (κ1) is 39.9. The SMILES string of the molecule is CO[C@@]1(C#CCCN2CCS(=O)(=O)CC2)CCC[C@H](C)[C@@H](C)S(=O)(=O)NC(=O)c2ccc3c(c2)N(CCCCc2cc(Cl)ccc2CO3)C[C@@H]2CC[C@H]21. The summed E-state index contributed by atoms with van der Waals surface area (Å²) in [6.07, 6.45) is 7.32. The lowest BCUT2D eigenvalue weighted by molar-refractivity contribution is -0.0742. The van der Waals surface area contributed by atoms with E-state index in [1.54, 1.807) is 32.2 Å². The second-order valence-electron chi connectivity index (χ2n) is 15.4. The molecule has 1 N–H and O–H groups in total. The number of carbonyl (C=O) groups is 1. The molecule has 6 rings (SSSR count). The van der Waals surface area contributed by atoms with E-state index >= 15 is 0 Å². The van der Waals surface area contributed by atoms with E-state index in [1.165, 1.54) is 0 Å². The maximum Gasteiger partial charge on any atom is 0.264 e. The van der Waals surface area contributed by atoms with Crippen LogP contribution in [-0.2, 0) is 37.6 Å². The predicted molar refractivity (Wildman–Crippen MR) is 210 cm³/mol. The van der Waals surface area contributed by atoms with E-state index in [0.29, 0.717) is 62.8 Å². The van der Waals surface area contributed by atoms with Crippen molar-refractivity contribution in [3.05, 3.63) is 58.1 Å². The number of nitrogens with zero attached hydrogens (tertiary/aromatic N) is 2. The summed E-state index contributed by atoms with van der Waals surface area (Å²) in [5.41, 5.74) is 2.55. The van der Waals surface area contributed by atoms with E-state index in [1.807, 2.05) is 25.1 Å². The van der Waals surface area contributed by atoms with Crippen molar-refractivity contribution < 1.29 is 31.1 Å². The molecule has 13 heteroatoms. The molecule has 1 saturated carbocycles. The Morgan fingerprint density at radius 1 is 0.981 bits per heavy atom. The number of methoxy groups -OCH3 is 1. The molecular weight excluding hydrogens is 734 g/mol. The monoisotopic (exact) mass is 787 g/mol. The summed E-state index contributed by atoms with van der Waals surface area (Å²) in [5.74, 6) is 7.63. The fourth-order valence-corrected chi connectivity index (χ4v) is 11.1. The number of benzene rings is 2. The summed E-state index contributed by atoms with van der Waals surface area (Å²) in [5, 5.41) is -0.0948. The number of rotatable bonds is 3. The van der Waals surface area contributed by atoms with Crippen LogP contribution in [0.4, 0.5) is 5.69 Å². The standard InChI is InChI=1S/C40H54ClN3O7S2/c1-29-9-8-18-40(50-3,17-5-7-19-43-21-23-52(46,47)24-22-43)36-15-12-33(36)27-44-20-6-4-10-31-25-35(41)14-11-34(31)28-51-38-16-13-32(26-37(38)44)39(45)42-53(48,49)30(29)2/h11,13-14,16,25-26,29-30,33,36H,4,6-10,12,15,18-24,27-28H2,1-3H3,(H,42,45)/t29-,30+,33-,36+,40-/m0/s1. The maximum absolute atomic E-state index is 13.6. The Kier molecular flexibility index (Phi) is 12.7. The van der Waals surface area contributed by atoms with E-state index in [0.717, 1.165) is 61.9 Å². The molecule has 0 spiro atoms. The minimum atomic E-state index is -3.97. The Balaban J connectivity index is 1.33. The van der Waals surface area contributed by atoms with Crippen LogP contribution in [0.15, 0.2) is 36.4 Å². The van der Waals surface area contributed by atoms with Gasteiger partial charge in [0, 0.05) is 62.8 Å². The Bertz CT molecular complexity index is 1910. The van der Waals surface area contributed by atoms with E-state index in [9.17, 15) is 21.6 Å². The molecule has 290 valence electrons. The van der Waals surface area contributed by atoms with Crippen molar-refractivity contribution in [3.8, 4) is 17.6 Å². The Hall–Kier alpha value is -2.82. The third-order valence-corrected chi connectivity index (χ3v) is 15.9. The van der Waals surface area contributed by atoms with Crippen LogP contribution in [-0.4, -0.2) is 89.8 Å². The van der Waals surface area contributed by atoms with Crippen molar-refractivity contribution in [2.24, 2.45) is 17.8 Å². The number of halogens is 1. The van der Waals surface area contributed by atoms with E-state index < -0.39 is 36.6 Å². The summed E-state index contributed by atoms with van der Waals surface area (Å²) < 4.78 is 66.3. The molecule has 3 aliphatic heterocycles. The van der Waals surface area contributed by atoms with Crippen LogP contribution in [0.2, 0.25) is 5.02 Å². The molecule has 1 saturated heterocycles. The number of sulfonamides is 1. The topological polar surface area (TPSA) is 122 Å². The zero-order valence-corrected chi connectivity index (χ0v) is 33.6. The highest BCUT2D eigenvalue weighted by atomic mass is 35.5. The largest absolute Gasteiger partial charge is 0.487 e. The molecule has 0 radical (unpaired) electrons. The van der Waals surface area contributed by atoms with Crippen molar-refractivity contribution in [1.82, 2.24) is 9.62 Å². The molecule has 1 amide bonds. The number of hydrogen-bond acceptors (Lipinski definition) is 9. The summed E-state index contributed by atoms with van der Waals surface area (Å²) in [4.78, 5) is 18.1. The van der Waals surface area contributed by atoms with Crippen LogP contribution < -0.4 is 14.4 Å². The Morgan fingerprint density at radius 2 is 1.77 bits per heavy atom. The number of hydrogen-bond donors (Lipinski definition) is 1. The van der Waals surface area contributed by atoms with Gasteiger partial charge in [0.25, 0.3) is 5.91 Å².